The van der Waals surface area contributed by atoms with E-state index in [1.54, 1.807) is 12.1 Å². The summed E-state index contributed by atoms with van der Waals surface area (Å²) in [5.74, 6) is -1.40. The van der Waals surface area contributed by atoms with E-state index in [0.29, 0.717) is 16.3 Å². The lowest BCUT2D eigenvalue weighted by Gasteiger charge is -2.15. The van der Waals surface area contributed by atoms with Crippen LogP contribution < -0.4 is 10.8 Å². The van der Waals surface area contributed by atoms with Gasteiger partial charge in [-0.25, -0.2) is 14.9 Å². The van der Waals surface area contributed by atoms with Crippen LogP contribution in [0, 0.1) is 5.82 Å². The Bertz CT molecular complexity index is 993. The molecule has 0 saturated carbocycles. The molecular formula is C17H16ClFN4O4S. The first-order valence-corrected chi connectivity index (χ1v) is 9.24. The maximum Gasteiger partial charge on any atom is 0.268 e. The number of H-pyrrole nitrogens is 1. The Morgan fingerprint density at radius 3 is 2.79 bits per heavy atom. The third-order valence-electron chi connectivity index (χ3n) is 3.90. The molecule has 0 bridgehead atoms. The van der Waals surface area contributed by atoms with E-state index < -0.39 is 24.4 Å². The Morgan fingerprint density at radius 1 is 1.36 bits per heavy atom. The van der Waals surface area contributed by atoms with Crippen LogP contribution >= 0.6 is 22.9 Å². The Balaban J connectivity index is 1.78. The summed E-state index contributed by atoms with van der Waals surface area (Å²) < 4.78 is 13.6. The smallest absolute Gasteiger partial charge is 0.268 e. The predicted molar refractivity (Wildman–Crippen MR) is 101 cm³/mol. The van der Waals surface area contributed by atoms with Gasteiger partial charge in [0.2, 0.25) is 5.88 Å². The molecule has 0 spiro atoms. The van der Waals surface area contributed by atoms with E-state index in [9.17, 15) is 14.3 Å². The molecule has 2 aromatic heterocycles. The third kappa shape index (κ3) is 4.32. The summed E-state index contributed by atoms with van der Waals surface area (Å²) in [5, 5.41) is 30.8. The molecule has 0 aliphatic heterocycles. The molecule has 148 valence electrons. The number of aromatic amines is 1. The van der Waals surface area contributed by atoms with Gasteiger partial charge in [-0.15, -0.1) is 11.3 Å². The monoisotopic (exact) mass is 426 g/mol. The Labute approximate surface area is 167 Å². The van der Waals surface area contributed by atoms with Gasteiger partial charge in [-0.2, -0.15) is 0 Å². The average molecular weight is 427 g/mol. The highest BCUT2D eigenvalue weighted by atomic mass is 35.5. The van der Waals surface area contributed by atoms with Crippen LogP contribution in [0.4, 0.5) is 4.39 Å². The summed E-state index contributed by atoms with van der Waals surface area (Å²) in [6, 6.07) is 6.68. The van der Waals surface area contributed by atoms with Crippen molar-refractivity contribution in [2.45, 2.75) is 12.6 Å². The molecule has 2 heterocycles. The molecular weight excluding hydrogens is 411 g/mol. The number of halogens is 2. The maximum absolute atomic E-state index is 13.6. The zero-order valence-corrected chi connectivity index (χ0v) is 15.8. The second kappa shape index (κ2) is 8.67. The Hall–Kier alpha value is -2.50. The predicted octanol–water partition coefficient (Wildman–Crippen LogP) is 2.58. The summed E-state index contributed by atoms with van der Waals surface area (Å²) in [6.07, 6.45) is 0. The summed E-state index contributed by atoms with van der Waals surface area (Å²) in [7, 11) is 0. The molecule has 0 saturated heterocycles. The van der Waals surface area contributed by atoms with Crippen LogP contribution in [-0.4, -0.2) is 37.8 Å². The van der Waals surface area contributed by atoms with Gasteiger partial charge in [0.05, 0.1) is 22.5 Å². The second-order valence-corrected chi connectivity index (χ2v) is 7.28. The minimum Gasteiger partial charge on any atom is -0.492 e. The van der Waals surface area contributed by atoms with Gasteiger partial charge in [0.1, 0.15) is 16.5 Å². The normalized spacial score (nSPS) is 12.1. The molecule has 1 amide bonds. The maximum atomic E-state index is 13.6. The van der Waals surface area contributed by atoms with Gasteiger partial charge in [0.15, 0.2) is 0 Å². The number of aliphatic hydroxyl groups is 1. The number of carbonyl (C=O) groups is 1. The lowest BCUT2D eigenvalue weighted by Crippen LogP contribution is -2.34. The van der Waals surface area contributed by atoms with E-state index in [1.807, 2.05) is 5.48 Å². The van der Waals surface area contributed by atoms with Crippen molar-refractivity contribution in [1.82, 2.24) is 20.8 Å². The fourth-order valence-electron chi connectivity index (χ4n) is 2.50. The van der Waals surface area contributed by atoms with E-state index in [4.69, 9.17) is 21.9 Å². The number of nitrogens with zero attached hydrogens (tertiary/aromatic N) is 1. The second-order valence-electron chi connectivity index (χ2n) is 5.76. The van der Waals surface area contributed by atoms with E-state index >= 15 is 0 Å². The van der Waals surface area contributed by atoms with Crippen LogP contribution in [-0.2, 0) is 6.61 Å². The minimum absolute atomic E-state index is 0.00145. The number of benzene rings is 1. The van der Waals surface area contributed by atoms with E-state index in [1.165, 1.54) is 18.2 Å². The van der Waals surface area contributed by atoms with Gasteiger partial charge >= 0.3 is 0 Å². The first-order valence-electron chi connectivity index (χ1n) is 8.04. The first-order chi connectivity index (χ1) is 13.4. The van der Waals surface area contributed by atoms with Crippen molar-refractivity contribution in [3.8, 4) is 17.1 Å². The summed E-state index contributed by atoms with van der Waals surface area (Å²) in [4.78, 5) is 19.6. The molecule has 1 aromatic carbocycles. The first kappa shape index (κ1) is 20.2. The Kier molecular flexibility index (Phi) is 6.27. The number of hydrogen-bond acceptors (Lipinski definition) is 7. The molecule has 0 fully saturated rings. The van der Waals surface area contributed by atoms with Gasteiger partial charge in [0, 0.05) is 17.8 Å². The SMILES string of the molecule is O=C(NC(CNO)c1nc(O)c(CO)s1)c1ccc(-c2ccc(Cl)c(F)c2)[nH]1. The number of hydrogen-bond donors (Lipinski definition) is 6. The zero-order valence-electron chi connectivity index (χ0n) is 14.2. The lowest BCUT2D eigenvalue weighted by atomic mass is 10.1. The molecule has 1 unspecified atom stereocenters. The van der Waals surface area contributed by atoms with Crippen LogP contribution in [0.5, 0.6) is 5.88 Å². The number of aliphatic hydroxyl groups excluding tert-OH is 1. The number of rotatable bonds is 7. The number of thiazole rings is 1. The van der Waals surface area contributed by atoms with Crippen molar-refractivity contribution in [3.63, 3.8) is 0 Å². The number of amides is 1. The number of nitrogens with one attached hydrogen (secondary N) is 3. The van der Waals surface area contributed by atoms with Crippen LogP contribution in [0.2, 0.25) is 5.02 Å². The van der Waals surface area contributed by atoms with E-state index in [2.05, 4.69) is 15.3 Å². The standard InChI is InChI=1S/C17H16ClFN4O4S/c18-9-2-1-8(5-10(9)19)11-3-4-12(21-11)15(25)22-13(6-20-27)17-23-16(26)14(7-24)28-17/h1-5,13,20-21,24,26-27H,6-7H2,(H,22,25). The van der Waals surface area contributed by atoms with Gasteiger partial charge < -0.3 is 25.7 Å². The quantitative estimate of drug-likeness (QED) is 0.322. The van der Waals surface area contributed by atoms with Crippen LogP contribution in [0.15, 0.2) is 30.3 Å². The van der Waals surface area contributed by atoms with Crippen LogP contribution in [0.1, 0.15) is 26.4 Å². The summed E-state index contributed by atoms with van der Waals surface area (Å²) in [6.45, 7) is -0.464. The van der Waals surface area contributed by atoms with E-state index in [0.717, 1.165) is 11.3 Å². The summed E-state index contributed by atoms with van der Waals surface area (Å²) >= 11 is 6.69. The molecule has 0 radical (unpaired) electrons. The lowest BCUT2D eigenvalue weighted by molar-refractivity contribution is 0.0912. The average Bonchev–Trinajstić information content (AvgIpc) is 3.30. The molecule has 28 heavy (non-hydrogen) atoms. The fraction of sp³-hybridized carbons (Fsp3) is 0.176. The molecule has 6 N–H and O–H groups in total. The molecule has 3 aromatic rings. The topological polar surface area (TPSA) is 130 Å². The number of aromatic nitrogens is 2. The molecule has 3 rings (SSSR count). The zero-order chi connectivity index (χ0) is 20.3. The summed E-state index contributed by atoms with van der Waals surface area (Å²) in [5.41, 5.74) is 3.20. The fourth-order valence-corrected chi connectivity index (χ4v) is 3.49. The molecule has 1 atom stereocenters. The van der Waals surface area contributed by atoms with Crippen molar-refractivity contribution in [2.24, 2.45) is 0 Å². The molecule has 11 heteroatoms. The van der Waals surface area contributed by atoms with Gasteiger partial charge in [0.25, 0.3) is 5.91 Å². The number of carbonyl (C=O) groups excluding carboxylic acids is 1. The molecule has 0 aliphatic rings. The van der Waals surface area contributed by atoms with E-state index in [-0.39, 0.29) is 28.0 Å². The number of hydroxylamine groups is 1. The highest BCUT2D eigenvalue weighted by molar-refractivity contribution is 7.12. The molecule has 0 aliphatic carbocycles. The van der Waals surface area contributed by atoms with Crippen molar-refractivity contribution in [3.05, 3.63) is 56.8 Å². The van der Waals surface area contributed by atoms with Gasteiger partial charge in [-0.05, 0) is 24.3 Å². The largest absolute Gasteiger partial charge is 0.492 e. The van der Waals surface area contributed by atoms with Gasteiger partial charge in [-0.3, -0.25) is 4.79 Å². The van der Waals surface area contributed by atoms with Crippen molar-refractivity contribution < 1.29 is 24.6 Å². The highest BCUT2D eigenvalue weighted by Gasteiger charge is 2.22. The number of aromatic hydroxyl groups is 1. The minimum atomic E-state index is -0.756. The van der Waals surface area contributed by atoms with Crippen LogP contribution in [0.3, 0.4) is 0 Å². The third-order valence-corrected chi connectivity index (χ3v) is 5.35. The molecule has 8 nitrogen and oxygen atoms in total. The highest BCUT2D eigenvalue weighted by Crippen LogP contribution is 2.28. The van der Waals surface area contributed by atoms with Crippen LogP contribution in [0.25, 0.3) is 11.3 Å². The van der Waals surface area contributed by atoms with Crippen molar-refractivity contribution in [1.29, 1.82) is 0 Å². The van der Waals surface area contributed by atoms with Gasteiger partial charge in [-0.1, -0.05) is 17.7 Å². The van der Waals surface area contributed by atoms with Crippen molar-refractivity contribution in [2.75, 3.05) is 6.54 Å². The van der Waals surface area contributed by atoms with Crippen molar-refractivity contribution >= 4 is 28.8 Å². The Morgan fingerprint density at radius 2 is 2.14 bits per heavy atom.